The molecule has 2 atom stereocenters. The SMILES string of the molecule is c1ccc(NC[C@H]2CCC[C@]3(CCN(C4CCOCC4)C3)O2)nc1. The molecule has 3 aliphatic heterocycles. The first-order valence-electron chi connectivity index (χ1n) is 9.48. The van der Waals surface area contributed by atoms with Gasteiger partial charge < -0.3 is 14.8 Å². The molecule has 0 bridgehead atoms. The number of anilines is 1. The number of likely N-dealkylation sites (tertiary alicyclic amines) is 1. The lowest BCUT2D eigenvalue weighted by molar-refractivity contribution is -0.117. The van der Waals surface area contributed by atoms with Gasteiger partial charge in [0.2, 0.25) is 0 Å². The Balaban J connectivity index is 1.31. The molecular weight excluding hydrogens is 302 g/mol. The van der Waals surface area contributed by atoms with Crippen molar-refractivity contribution in [3.63, 3.8) is 0 Å². The van der Waals surface area contributed by atoms with E-state index < -0.39 is 0 Å². The molecule has 1 N–H and O–H groups in total. The maximum Gasteiger partial charge on any atom is 0.125 e. The summed E-state index contributed by atoms with van der Waals surface area (Å²) in [5, 5.41) is 3.43. The van der Waals surface area contributed by atoms with Crippen LogP contribution < -0.4 is 5.32 Å². The van der Waals surface area contributed by atoms with Gasteiger partial charge in [0.25, 0.3) is 0 Å². The van der Waals surface area contributed by atoms with Crippen LogP contribution in [0.2, 0.25) is 0 Å². The lowest BCUT2D eigenvalue weighted by atomic mass is 9.90. The molecule has 5 nitrogen and oxygen atoms in total. The summed E-state index contributed by atoms with van der Waals surface area (Å²) < 4.78 is 12.1. The average Bonchev–Trinajstić information content (AvgIpc) is 3.05. The maximum absolute atomic E-state index is 6.61. The summed E-state index contributed by atoms with van der Waals surface area (Å²) in [7, 11) is 0. The number of aromatic nitrogens is 1. The van der Waals surface area contributed by atoms with Crippen molar-refractivity contribution in [3.8, 4) is 0 Å². The number of nitrogens with one attached hydrogen (secondary N) is 1. The number of hydrogen-bond acceptors (Lipinski definition) is 5. The largest absolute Gasteiger partial charge is 0.381 e. The van der Waals surface area contributed by atoms with Crippen LogP contribution in [0.15, 0.2) is 24.4 Å². The summed E-state index contributed by atoms with van der Waals surface area (Å²) in [6.07, 6.45) is 9.32. The molecule has 3 aliphatic rings. The molecule has 24 heavy (non-hydrogen) atoms. The van der Waals surface area contributed by atoms with Crippen LogP contribution in [0, 0.1) is 0 Å². The molecule has 0 saturated carbocycles. The van der Waals surface area contributed by atoms with Crippen LogP contribution in [0.1, 0.15) is 38.5 Å². The highest BCUT2D eigenvalue weighted by Gasteiger charge is 2.44. The maximum atomic E-state index is 6.61. The van der Waals surface area contributed by atoms with Gasteiger partial charge in [0.05, 0.1) is 11.7 Å². The summed E-state index contributed by atoms with van der Waals surface area (Å²) in [5.41, 5.74) is 0.0903. The predicted octanol–water partition coefficient (Wildman–Crippen LogP) is 2.69. The highest BCUT2D eigenvalue weighted by Crippen LogP contribution is 2.38. The van der Waals surface area contributed by atoms with Crippen LogP contribution in [0.5, 0.6) is 0 Å². The Morgan fingerprint density at radius 3 is 2.96 bits per heavy atom. The number of ether oxygens (including phenoxy) is 2. The minimum absolute atomic E-state index is 0.0903. The third-order valence-corrected chi connectivity index (χ3v) is 5.80. The first-order chi connectivity index (χ1) is 11.8. The Bertz CT molecular complexity index is 521. The number of hydrogen-bond donors (Lipinski definition) is 1. The van der Waals surface area contributed by atoms with Crippen molar-refractivity contribution in [3.05, 3.63) is 24.4 Å². The van der Waals surface area contributed by atoms with E-state index in [9.17, 15) is 0 Å². The molecule has 0 aromatic carbocycles. The Morgan fingerprint density at radius 1 is 1.21 bits per heavy atom. The van der Waals surface area contributed by atoms with Crippen molar-refractivity contribution in [1.82, 2.24) is 9.88 Å². The molecule has 0 amide bonds. The smallest absolute Gasteiger partial charge is 0.125 e. The van der Waals surface area contributed by atoms with Crippen LogP contribution in [0.25, 0.3) is 0 Å². The highest BCUT2D eigenvalue weighted by atomic mass is 16.5. The van der Waals surface area contributed by atoms with Gasteiger partial charge in [-0.2, -0.15) is 0 Å². The molecule has 1 aromatic rings. The summed E-state index contributed by atoms with van der Waals surface area (Å²) >= 11 is 0. The quantitative estimate of drug-likeness (QED) is 0.919. The zero-order chi connectivity index (χ0) is 16.2. The Kier molecular flexibility index (Phi) is 5.01. The first kappa shape index (κ1) is 16.3. The molecule has 3 saturated heterocycles. The molecule has 1 spiro atoms. The molecule has 3 fully saturated rings. The van der Waals surface area contributed by atoms with Gasteiger partial charge in [-0.15, -0.1) is 0 Å². The van der Waals surface area contributed by atoms with Gasteiger partial charge in [-0.1, -0.05) is 6.07 Å². The second-order valence-electron chi connectivity index (χ2n) is 7.48. The van der Waals surface area contributed by atoms with E-state index in [1.165, 1.54) is 38.6 Å². The van der Waals surface area contributed by atoms with E-state index in [4.69, 9.17) is 9.47 Å². The van der Waals surface area contributed by atoms with Crippen LogP contribution >= 0.6 is 0 Å². The van der Waals surface area contributed by atoms with Gasteiger partial charge in [-0.05, 0) is 50.7 Å². The zero-order valence-corrected chi connectivity index (χ0v) is 14.5. The molecule has 4 rings (SSSR count). The molecule has 1 aromatic heterocycles. The second-order valence-corrected chi connectivity index (χ2v) is 7.48. The van der Waals surface area contributed by atoms with Crippen molar-refractivity contribution >= 4 is 5.82 Å². The molecule has 0 radical (unpaired) electrons. The standard InChI is InChI=1S/C19H29N3O2/c1-2-10-20-18(5-1)21-14-17-4-3-8-19(24-17)9-11-22(15-19)16-6-12-23-13-7-16/h1-2,5,10,16-17H,3-4,6-9,11-15H2,(H,20,21)/t17-,19-/m1/s1. The fourth-order valence-electron chi connectivity index (χ4n) is 4.49. The number of pyridine rings is 1. The summed E-state index contributed by atoms with van der Waals surface area (Å²) in [5.74, 6) is 0.941. The Morgan fingerprint density at radius 2 is 2.12 bits per heavy atom. The molecular formula is C19H29N3O2. The van der Waals surface area contributed by atoms with E-state index in [-0.39, 0.29) is 5.60 Å². The monoisotopic (exact) mass is 331 g/mol. The van der Waals surface area contributed by atoms with E-state index in [0.29, 0.717) is 12.1 Å². The lowest BCUT2D eigenvalue weighted by Gasteiger charge is -2.40. The van der Waals surface area contributed by atoms with Crippen molar-refractivity contribution in [2.45, 2.75) is 56.3 Å². The zero-order valence-electron chi connectivity index (χ0n) is 14.5. The van der Waals surface area contributed by atoms with E-state index in [1.54, 1.807) is 0 Å². The van der Waals surface area contributed by atoms with Crippen molar-refractivity contribution in [1.29, 1.82) is 0 Å². The Hall–Kier alpha value is -1.17. The Labute approximate surface area is 144 Å². The third-order valence-electron chi connectivity index (χ3n) is 5.80. The number of nitrogens with zero attached hydrogens (tertiary/aromatic N) is 2. The van der Waals surface area contributed by atoms with Crippen LogP contribution in [0.3, 0.4) is 0 Å². The summed E-state index contributed by atoms with van der Waals surface area (Å²) in [6.45, 7) is 5.00. The van der Waals surface area contributed by atoms with E-state index in [0.717, 1.165) is 38.5 Å². The average molecular weight is 331 g/mol. The van der Waals surface area contributed by atoms with E-state index >= 15 is 0 Å². The minimum atomic E-state index is 0.0903. The van der Waals surface area contributed by atoms with Crippen molar-refractivity contribution < 1.29 is 9.47 Å². The lowest BCUT2D eigenvalue weighted by Crippen LogP contribution is -2.47. The van der Waals surface area contributed by atoms with E-state index in [1.807, 2.05) is 24.4 Å². The van der Waals surface area contributed by atoms with Crippen LogP contribution in [-0.2, 0) is 9.47 Å². The third kappa shape index (κ3) is 3.73. The molecule has 0 aliphatic carbocycles. The van der Waals surface area contributed by atoms with Crippen LogP contribution in [0.4, 0.5) is 5.82 Å². The predicted molar refractivity (Wildman–Crippen MR) is 94.2 cm³/mol. The van der Waals surface area contributed by atoms with Crippen LogP contribution in [-0.4, -0.2) is 60.5 Å². The van der Waals surface area contributed by atoms with Gasteiger partial charge in [-0.3, -0.25) is 4.90 Å². The summed E-state index contributed by atoms with van der Waals surface area (Å²) in [6, 6.07) is 6.68. The van der Waals surface area contributed by atoms with Gasteiger partial charge in [0.15, 0.2) is 0 Å². The number of rotatable bonds is 4. The van der Waals surface area contributed by atoms with Gasteiger partial charge >= 0.3 is 0 Å². The van der Waals surface area contributed by atoms with Gasteiger partial charge in [0.1, 0.15) is 5.82 Å². The normalized spacial score (nSPS) is 32.2. The highest BCUT2D eigenvalue weighted by molar-refractivity contribution is 5.33. The molecule has 132 valence electrons. The van der Waals surface area contributed by atoms with Crippen molar-refractivity contribution in [2.75, 3.05) is 38.2 Å². The summed E-state index contributed by atoms with van der Waals surface area (Å²) in [4.78, 5) is 7.00. The van der Waals surface area contributed by atoms with Gasteiger partial charge in [-0.25, -0.2) is 4.98 Å². The fraction of sp³-hybridized carbons (Fsp3) is 0.737. The first-order valence-corrected chi connectivity index (χ1v) is 9.48. The molecule has 5 heteroatoms. The molecule has 0 unspecified atom stereocenters. The fourth-order valence-corrected chi connectivity index (χ4v) is 4.49. The minimum Gasteiger partial charge on any atom is -0.381 e. The topological polar surface area (TPSA) is 46.6 Å². The molecule has 4 heterocycles. The van der Waals surface area contributed by atoms with Crippen molar-refractivity contribution in [2.24, 2.45) is 0 Å². The van der Waals surface area contributed by atoms with Gasteiger partial charge in [0, 0.05) is 45.1 Å². The second kappa shape index (κ2) is 7.38. The van der Waals surface area contributed by atoms with E-state index in [2.05, 4.69) is 15.2 Å².